The average molecular weight is 192 g/mol. The summed E-state index contributed by atoms with van der Waals surface area (Å²) in [6, 6.07) is 6.10. The molecule has 1 aliphatic rings. The lowest BCUT2D eigenvalue weighted by Crippen LogP contribution is -2.27. The molecule has 1 saturated heterocycles. The molecule has 0 saturated carbocycles. The van der Waals surface area contributed by atoms with Gasteiger partial charge in [0.05, 0.1) is 6.61 Å². The van der Waals surface area contributed by atoms with Crippen LogP contribution in [0.15, 0.2) is 18.2 Å². The number of aliphatic hydroxyl groups is 1. The second-order valence-corrected chi connectivity index (χ2v) is 4.10. The molecule has 0 spiro atoms. The summed E-state index contributed by atoms with van der Waals surface area (Å²) in [5.74, 6) is 0. The molecular formula is C12H16O2. The third-order valence-electron chi connectivity index (χ3n) is 2.95. The number of aryl methyl sites for hydroxylation is 2. The Morgan fingerprint density at radius 3 is 2.43 bits per heavy atom. The zero-order valence-corrected chi connectivity index (χ0v) is 8.71. The van der Waals surface area contributed by atoms with Crippen molar-refractivity contribution < 1.29 is 9.84 Å². The first-order valence-electron chi connectivity index (χ1n) is 5.00. The van der Waals surface area contributed by atoms with Crippen LogP contribution in [0.5, 0.6) is 0 Å². The van der Waals surface area contributed by atoms with Gasteiger partial charge in [0.1, 0.15) is 5.60 Å². The van der Waals surface area contributed by atoms with Crippen LogP contribution in [0.2, 0.25) is 0 Å². The van der Waals surface area contributed by atoms with Gasteiger partial charge < -0.3 is 9.84 Å². The molecule has 76 valence electrons. The van der Waals surface area contributed by atoms with E-state index < -0.39 is 5.60 Å². The maximum Gasteiger partial charge on any atom is 0.116 e. The summed E-state index contributed by atoms with van der Waals surface area (Å²) >= 11 is 0. The van der Waals surface area contributed by atoms with E-state index in [1.165, 1.54) is 0 Å². The minimum Gasteiger partial charge on any atom is -0.383 e. The Balaban J connectivity index is 2.49. The van der Waals surface area contributed by atoms with Crippen molar-refractivity contribution in [3.8, 4) is 0 Å². The zero-order chi connectivity index (χ0) is 10.2. The highest BCUT2D eigenvalue weighted by Crippen LogP contribution is 2.34. The van der Waals surface area contributed by atoms with Crippen LogP contribution in [0.1, 0.15) is 23.1 Å². The molecule has 0 amide bonds. The predicted molar refractivity (Wildman–Crippen MR) is 55.2 cm³/mol. The highest BCUT2D eigenvalue weighted by Gasteiger charge is 2.36. The minimum absolute atomic E-state index is 0.429. The van der Waals surface area contributed by atoms with E-state index in [0.717, 1.165) is 16.7 Å². The maximum absolute atomic E-state index is 10.4. The van der Waals surface area contributed by atoms with Gasteiger partial charge in [0.2, 0.25) is 0 Å². The molecule has 1 aliphatic heterocycles. The number of rotatable bonds is 1. The largest absolute Gasteiger partial charge is 0.383 e. The van der Waals surface area contributed by atoms with Crippen LogP contribution < -0.4 is 0 Å². The van der Waals surface area contributed by atoms with Crippen LogP contribution in [0.25, 0.3) is 0 Å². The second kappa shape index (κ2) is 3.37. The fourth-order valence-corrected chi connectivity index (χ4v) is 2.30. The first kappa shape index (κ1) is 9.69. The van der Waals surface area contributed by atoms with Crippen LogP contribution in [-0.4, -0.2) is 18.3 Å². The molecule has 0 aliphatic carbocycles. The van der Waals surface area contributed by atoms with E-state index in [1.54, 1.807) is 0 Å². The van der Waals surface area contributed by atoms with Crippen molar-refractivity contribution in [3.05, 3.63) is 34.9 Å². The van der Waals surface area contributed by atoms with Crippen molar-refractivity contribution >= 4 is 0 Å². The summed E-state index contributed by atoms with van der Waals surface area (Å²) in [6.07, 6.45) is 0.707. The number of hydrogen-bond acceptors (Lipinski definition) is 2. The van der Waals surface area contributed by atoms with Crippen molar-refractivity contribution in [2.45, 2.75) is 25.9 Å². The molecular weight excluding hydrogens is 176 g/mol. The molecule has 1 N–H and O–H groups in total. The van der Waals surface area contributed by atoms with Gasteiger partial charge in [0.25, 0.3) is 0 Å². The van der Waals surface area contributed by atoms with E-state index in [2.05, 4.69) is 0 Å². The van der Waals surface area contributed by atoms with Crippen LogP contribution in [0.4, 0.5) is 0 Å². The third-order valence-corrected chi connectivity index (χ3v) is 2.95. The third kappa shape index (κ3) is 1.45. The van der Waals surface area contributed by atoms with E-state index >= 15 is 0 Å². The van der Waals surface area contributed by atoms with E-state index in [1.807, 2.05) is 32.0 Å². The molecule has 0 bridgehead atoms. The van der Waals surface area contributed by atoms with Crippen molar-refractivity contribution in [1.82, 2.24) is 0 Å². The molecule has 1 fully saturated rings. The van der Waals surface area contributed by atoms with E-state index in [9.17, 15) is 5.11 Å². The Morgan fingerprint density at radius 2 is 1.93 bits per heavy atom. The number of benzene rings is 1. The van der Waals surface area contributed by atoms with Crippen LogP contribution >= 0.6 is 0 Å². The van der Waals surface area contributed by atoms with Gasteiger partial charge in [-0.15, -0.1) is 0 Å². The SMILES string of the molecule is Cc1cccc(C)c1C1(O)CCOC1. The van der Waals surface area contributed by atoms with Crippen LogP contribution in [0.3, 0.4) is 0 Å². The molecule has 1 aromatic carbocycles. The Labute approximate surface area is 84.5 Å². The van der Waals surface area contributed by atoms with Crippen LogP contribution in [-0.2, 0) is 10.3 Å². The molecule has 1 heterocycles. The van der Waals surface area contributed by atoms with Crippen LogP contribution in [0, 0.1) is 13.8 Å². The molecule has 2 heteroatoms. The summed E-state index contributed by atoms with van der Waals surface area (Å²) < 4.78 is 5.27. The molecule has 1 unspecified atom stereocenters. The van der Waals surface area contributed by atoms with E-state index in [0.29, 0.717) is 19.6 Å². The number of ether oxygens (including phenoxy) is 1. The molecule has 0 radical (unpaired) electrons. The Kier molecular flexibility index (Phi) is 2.33. The van der Waals surface area contributed by atoms with Gasteiger partial charge >= 0.3 is 0 Å². The fraction of sp³-hybridized carbons (Fsp3) is 0.500. The van der Waals surface area contributed by atoms with Gasteiger partial charge in [0.15, 0.2) is 0 Å². The van der Waals surface area contributed by atoms with E-state index in [4.69, 9.17) is 4.74 Å². The smallest absolute Gasteiger partial charge is 0.116 e. The molecule has 0 aromatic heterocycles. The number of hydrogen-bond donors (Lipinski definition) is 1. The normalized spacial score (nSPS) is 26.8. The molecule has 14 heavy (non-hydrogen) atoms. The predicted octanol–water partition coefficient (Wildman–Crippen LogP) is 1.91. The monoisotopic (exact) mass is 192 g/mol. The lowest BCUT2D eigenvalue weighted by Gasteiger charge is -2.25. The van der Waals surface area contributed by atoms with Gasteiger partial charge in [-0.2, -0.15) is 0 Å². The van der Waals surface area contributed by atoms with Crippen molar-refractivity contribution in [2.75, 3.05) is 13.2 Å². The summed E-state index contributed by atoms with van der Waals surface area (Å²) in [7, 11) is 0. The molecule has 1 aromatic rings. The van der Waals surface area contributed by atoms with Gasteiger partial charge in [-0.05, 0) is 30.5 Å². The van der Waals surface area contributed by atoms with Gasteiger partial charge in [0, 0.05) is 13.0 Å². The Hall–Kier alpha value is -0.860. The quantitative estimate of drug-likeness (QED) is 0.736. The first-order chi connectivity index (χ1) is 6.63. The minimum atomic E-state index is -0.755. The molecule has 1 atom stereocenters. The van der Waals surface area contributed by atoms with E-state index in [-0.39, 0.29) is 0 Å². The van der Waals surface area contributed by atoms with Crippen molar-refractivity contribution in [1.29, 1.82) is 0 Å². The Morgan fingerprint density at radius 1 is 1.29 bits per heavy atom. The maximum atomic E-state index is 10.4. The summed E-state index contributed by atoms with van der Waals surface area (Å²) in [6.45, 7) is 5.17. The zero-order valence-electron chi connectivity index (χ0n) is 8.71. The highest BCUT2D eigenvalue weighted by atomic mass is 16.5. The van der Waals surface area contributed by atoms with Gasteiger partial charge in [-0.1, -0.05) is 18.2 Å². The fourth-order valence-electron chi connectivity index (χ4n) is 2.30. The second-order valence-electron chi connectivity index (χ2n) is 4.10. The van der Waals surface area contributed by atoms with Gasteiger partial charge in [-0.3, -0.25) is 0 Å². The van der Waals surface area contributed by atoms with Gasteiger partial charge in [-0.25, -0.2) is 0 Å². The molecule has 2 nitrogen and oxygen atoms in total. The summed E-state index contributed by atoms with van der Waals surface area (Å²) in [4.78, 5) is 0. The highest BCUT2D eigenvalue weighted by molar-refractivity contribution is 5.38. The average Bonchev–Trinajstić information content (AvgIpc) is 2.52. The van der Waals surface area contributed by atoms with Crippen molar-refractivity contribution in [2.24, 2.45) is 0 Å². The first-order valence-corrected chi connectivity index (χ1v) is 5.00. The topological polar surface area (TPSA) is 29.5 Å². The lowest BCUT2D eigenvalue weighted by atomic mass is 9.86. The van der Waals surface area contributed by atoms with Crippen molar-refractivity contribution in [3.63, 3.8) is 0 Å². The summed E-state index contributed by atoms with van der Waals surface area (Å²) in [5.41, 5.74) is 2.60. The molecule has 2 rings (SSSR count). The standard InChI is InChI=1S/C12H16O2/c1-9-4-3-5-10(2)11(9)12(13)6-7-14-8-12/h3-5,13H,6-8H2,1-2H3. The lowest BCUT2D eigenvalue weighted by molar-refractivity contribution is 0.0221. The Bertz CT molecular complexity index is 318. The summed E-state index contributed by atoms with van der Waals surface area (Å²) in [5, 5.41) is 10.4.